The lowest BCUT2D eigenvalue weighted by atomic mass is 10.2. The van der Waals surface area contributed by atoms with Gasteiger partial charge in [-0.05, 0) is 5.56 Å². The number of nitrogens with one attached hydrogen (secondary N) is 1. The molecule has 0 spiro atoms. The van der Waals surface area contributed by atoms with E-state index in [2.05, 4.69) is 10.1 Å². The van der Waals surface area contributed by atoms with Crippen LogP contribution in [0.15, 0.2) is 30.3 Å². The van der Waals surface area contributed by atoms with Crippen LogP contribution in [0.3, 0.4) is 0 Å². The van der Waals surface area contributed by atoms with E-state index < -0.39 is 6.10 Å². The lowest BCUT2D eigenvalue weighted by Crippen LogP contribution is -2.34. The molecule has 0 bridgehead atoms. The van der Waals surface area contributed by atoms with Crippen LogP contribution >= 0.6 is 0 Å². The zero-order chi connectivity index (χ0) is 13.2. The van der Waals surface area contributed by atoms with E-state index in [4.69, 9.17) is 4.74 Å². The summed E-state index contributed by atoms with van der Waals surface area (Å²) in [5.41, 5.74) is 1.06. The number of rotatable bonds is 8. The third kappa shape index (κ3) is 6.34. The molecule has 100 valence electrons. The zero-order valence-electron chi connectivity index (χ0n) is 10.5. The van der Waals surface area contributed by atoms with Gasteiger partial charge in [-0.1, -0.05) is 30.3 Å². The second-order valence-electron chi connectivity index (χ2n) is 3.86. The molecule has 18 heavy (non-hydrogen) atoms. The summed E-state index contributed by atoms with van der Waals surface area (Å²) in [6.45, 7) is 1.08. The molecule has 1 aromatic carbocycles. The summed E-state index contributed by atoms with van der Waals surface area (Å²) >= 11 is 0. The van der Waals surface area contributed by atoms with Gasteiger partial charge in [0.2, 0.25) is 0 Å². The maximum atomic E-state index is 10.8. The predicted octanol–water partition coefficient (Wildman–Crippen LogP) is 0.327. The van der Waals surface area contributed by atoms with Gasteiger partial charge in [-0.2, -0.15) is 0 Å². The van der Waals surface area contributed by atoms with Gasteiger partial charge in [-0.15, -0.1) is 0 Å². The molecule has 0 amide bonds. The number of hydrogen-bond acceptors (Lipinski definition) is 5. The third-order valence-corrected chi connectivity index (χ3v) is 2.30. The summed E-state index contributed by atoms with van der Waals surface area (Å²) in [5.74, 6) is -0.354. The number of aliphatic hydroxyl groups is 1. The second-order valence-corrected chi connectivity index (χ2v) is 3.86. The Hall–Kier alpha value is -1.43. The van der Waals surface area contributed by atoms with E-state index in [9.17, 15) is 9.90 Å². The van der Waals surface area contributed by atoms with Crippen LogP contribution in [0, 0.1) is 0 Å². The lowest BCUT2D eigenvalue weighted by Gasteiger charge is -2.11. The van der Waals surface area contributed by atoms with Crippen molar-refractivity contribution in [3.05, 3.63) is 35.9 Å². The van der Waals surface area contributed by atoms with Crippen molar-refractivity contribution in [3.63, 3.8) is 0 Å². The van der Waals surface area contributed by atoms with Crippen molar-refractivity contribution < 1.29 is 19.4 Å². The van der Waals surface area contributed by atoms with Gasteiger partial charge in [-0.3, -0.25) is 4.79 Å². The second kappa shape index (κ2) is 8.63. The molecule has 0 aliphatic heterocycles. The standard InChI is InChI=1S/C13H19NO4/c1-17-13(16)8-14-7-12(15)10-18-9-11-5-3-2-4-6-11/h2-6,12,14-15H,7-10H2,1H3. The SMILES string of the molecule is COC(=O)CNCC(O)COCc1ccccc1. The van der Waals surface area contributed by atoms with Crippen molar-refractivity contribution in [1.29, 1.82) is 0 Å². The van der Waals surface area contributed by atoms with Crippen LogP contribution in [-0.4, -0.2) is 44.0 Å². The third-order valence-electron chi connectivity index (χ3n) is 2.30. The van der Waals surface area contributed by atoms with Gasteiger partial charge in [0.1, 0.15) is 0 Å². The average Bonchev–Trinajstić information content (AvgIpc) is 2.39. The Bertz CT molecular complexity index is 342. The average molecular weight is 253 g/mol. The van der Waals surface area contributed by atoms with Gasteiger partial charge in [0.15, 0.2) is 0 Å². The maximum Gasteiger partial charge on any atom is 0.319 e. The van der Waals surface area contributed by atoms with Crippen molar-refractivity contribution in [1.82, 2.24) is 5.32 Å². The van der Waals surface area contributed by atoms with Crippen LogP contribution in [-0.2, 0) is 20.9 Å². The Morgan fingerprint density at radius 1 is 1.39 bits per heavy atom. The van der Waals surface area contributed by atoms with Crippen LogP contribution in [0.5, 0.6) is 0 Å². The van der Waals surface area contributed by atoms with E-state index in [0.29, 0.717) is 13.2 Å². The molecule has 0 fully saturated rings. The molecule has 0 heterocycles. The fourth-order valence-corrected chi connectivity index (χ4v) is 1.36. The normalized spacial score (nSPS) is 12.1. The fourth-order valence-electron chi connectivity index (χ4n) is 1.36. The first kappa shape index (κ1) is 14.6. The highest BCUT2D eigenvalue weighted by atomic mass is 16.5. The number of carbonyl (C=O) groups excluding carboxylic acids is 1. The van der Waals surface area contributed by atoms with Gasteiger partial charge in [-0.25, -0.2) is 0 Å². The molecule has 5 nitrogen and oxygen atoms in total. The summed E-state index contributed by atoms with van der Waals surface area (Å²) in [6, 6.07) is 9.74. The van der Waals surface area contributed by atoms with E-state index in [1.165, 1.54) is 7.11 Å². The first-order valence-electron chi connectivity index (χ1n) is 5.79. The fraction of sp³-hybridized carbons (Fsp3) is 0.462. The molecular weight excluding hydrogens is 234 g/mol. The smallest absolute Gasteiger partial charge is 0.319 e. The van der Waals surface area contributed by atoms with E-state index in [-0.39, 0.29) is 19.1 Å². The number of hydrogen-bond donors (Lipinski definition) is 2. The number of carbonyl (C=O) groups is 1. The van der Waals surface area contributed by atoms with Crippen LogP contribution in [0.1, 0.15) is 5.56 Å². The Morgan fingerprint density at radius 2 is 2.11 bits per heavy atom. The quantitative estimate of drug-likeness (QED) is 0.653. The zero-order valence-corrected chi connectivity index (χ0v) is 10.5. The van der Waals surface area contributed by atoms with Crippen molar-refractivity contribution in [2.75, 3.05) is 26.8 Å². The molecule has 0 aliphatic carbocycles. The Balaban J connectivity index is 2.06. The summed E-state index contributed by atoms with van der Waals surface area (Å²) in [4.78, 5) is 10.8. The molecule has 2 N–H and O–H groups in total. The minimum Gasteiger partial charge on any atom is -0.468 e. The maximum absolute atomic E-state index is 10.8. The van der Waals surface area contributed by atoms with Crippen molar-refractivity contribution >= 4 is 5.97 Å². The number of benzene rings is 1. The van der Waals surface area contributed by atoms with Gasteiger partial charge in [0, 0.05) is 6.54 Å². The minimum atomic E-state index is -0.640. The van der Waals surface area contributed by atoms with E-state index in [0.717, 1.165) is 5.56 Å². The molecule has 1 atom stereocenters. The topological polar surface area (TPSA) is 67.8 Å². The van der Waals surface area contributed by atoms with Crippen LogP contribution < -0.4 is 5.32 Å². The highest BCUT2D eigenvalue weighted by Gasteiger charge is 2.05. The van der Waals surface area contributed by atoms with Crippen LogP contribution in [0.25, 0.3) is 0 Å². The first-order chi connectivity index (χ1) is 8.72. The lowest BCUT2D eigenvalue weighted by molar-refractivity contribution is -0.139. The molecule has 1 aromatic rings. The van der Waals surface area contributed by atoms with Crippen LogP contribution in [0.4, 0.5) is 0 Å². The summed E-state index contributed by atoms with van der Waals surface area (Å²) in [5, 5.41) is 12.4. The monoisotopic (exact) mass is 253 g/mol. The molecule has 5 heteroatoms. The molecule has 1 unspecified atom stereocenters. The molecule has 0 aromatic heterocycles. The van der Waals surface area contributed by atoms with E-state index >= 15 is 0 Å². The summed E-state index contributed by atoms with van der Waals surface area (Å²) < 4.78 is 9.82. The van der Waals surface area contributed by atoms with Crippen molar-refractivity contribution in [2.24, 2.45) is 0 Å². The van der Waals surface area contributed by atoms with Crippen LogP contribution in [0.2, 0.25) is 0 Å². The molecule has 0 radical (unpaired) electrons. The number of ether oxygens (including phenoxy) is 2. The van der Waals surface area contributed by atoms with Gasteiger partial charge < -0.3 is 19.9 Å². The van der Waals surface area contributed by atoms with Crippen molar-refractivity contribution in [2.45, 2.75) is 12.7 Å². The number of aliphatic hydroxyl groups excluding tert-OH is 1. The predicted molar refractivity (Wildman–Crippen MR) is 67.0 cm³/mol. The molecule has 0 saturated heterocycles. The number of methoxy groups -OCH3 is 1. The Morgan fingerprint density at radius 3 is 2.78 bits per heavy atom. The first-order valence-corrected chi connectivity index (χ1v) is 5.79. The van der Waals surface area contributed by atoms with Gasteiger partial charge >= 0.3 is 5.97 Å². The van der Waals surface area contributed by atoms with Gasteiger partial charge in [0.25, 0.3) is 0 Å². The molecule has 0 saturated carbocycles. The summed E-state index contributed by atoms with van der Waals surface area (Å²) in [6.07, 6.45) is -0.640. The number of esters is 1. The summed E-state index contributed by atoms with van der Waals surface area (Å²) in [7, 11) is 1.32. The van der Waals surface area contributed by atoms with E-state index in [1.807, 2.05) is 30.3 Å². The van der Waals surface area contributed by atoms with Gasteiger partial charge in [0.05, 0.1) is 33.0 Å². The molecule has 1 rings (SSSR count). The Labute approximate surface area is 107 Å². The molecule has 0 aliphatic rings. The minimum absolute atomic E-state index is 0.0895. The molecular formula is C13H19NO4. The van der Waals surface area contributed by atoms with Crippen molar-refractivity contribution in [3.8, 4) is 0 Å². The van der Waals surface area contributed by atoms with E-state index in [1.54, 1.807) is 0 Å². The highest BCUT2D eigenvalue weighted by molar-refractivity contribution is 5.71. The Kier molecular flexibility index (Phi) is 7.01. The highest BCUT2D eigenvalue weighted by Crippen LogP contribution is 2.00. The largest absolute Gasteiger partial charge is 0.468 e.